The third kappa shape index (κ3) is 2.59. The monoisotopic (exact) mass is 264 g/mol. The molecule has 4 nitrogen and oxygen atoms in total. The van der Waals surface area contributed by atoms with Crippen molar-refractivity contribution in [3.05, 3.63) is 77.6 Å². The Morgan fingerprint density at radius 2 is 1.45 bits per heavy atom. The molecule has 3 rings (SSSR count). The van der Waals surface area contributed by atoms with Crippen molar-refractivity contribution in [3.8, 4) is 0 Å². The van der Waals surface area contributed by atoms with Crippen molar-refractivity contribution in [1.29, 1.82) is 0 Å². The average molecular weight is 264 g/mol. The number of aryl methyl sites for hydroxylation is 1. The molecule has 0 bridgehead atoms. The number of rotatable bonds is 4. The zero-order valence-corrected chi connectivity index (χ0v) is 11.3. The molecular formula is C16H16N4. The molecule has 0 atom stereocenters. The van der Waals surface area contributed by atoms with E-state index in [-0.39, 0.29) is 5.92 Å². The molecule has 0 radical (unpaired) electrons. The number of hydrogen-bond donors (Lipinski definition) is 0. The molecule has 0 N–H and O–H groups in total. The van der Waals surface area contributed by atoms with Gasteiger partial charge in [-0.1, -0.05) is 60.7 Å². The van der Waals surface area contributed by atoms with Crippen LogP contribution in [-0.2, 0) is 13.5 Å². The lowest BCUT2D eigenvalue weighted by Crippen LogP contribution is -2.09. The van der Waals surface area contributed by atoms with Crippen LogP contribution in [0.4, 0.5) is 0 Å². The molecule has 20 heavy (non-hydrogen) atoms. The molecule has 0 aliphatic rings. The van der Waals surface area contributed by atoms with E-state index >= 15 is 0 Å². The van der Waals surface area contributed by atoms with Crippen molar-refractivity contribution in [2.24, 2.45) is 7.05 Å². The van der Waals surface area contributed by atoms with Crippen molar-refractivity contribution in [2.75, 3.05) is 0 Å². The average Bonchev–Trinajstić information content (AvgIpc) is 2.92. The first-order valence-electron chi connectivity index (χ1n) is 6.65. The van der Waals surface area contributed by atoms with Gasteiger partial charge in [-0.05, 0) is 21.6 Å². The normalized spacial score (nSPS) is 10.9. The lowest BCUT2D eigenvalue weighted by molar-refractivity contribution is 0.651. The van der Waals surface area contributed by atoms with Crippen LogP contribution in [0, 0.1) is 0 Å². The number of tetrazole rings is 1. The second kappa shape index (κ2) is 5.65. The van der Waals surface area contributed by atoms with Crippen LogP contribution in [-0.4, -0.2) is 20.2 Å². The van der Waals surface area contributed by atoms with Crippen LogP contribution in [0.25, 0.3) is 0 Å². The maximum Gasteiger partial charge on any atom is 0.151 e. The molecular weight excluding hydrogens is 248 g/mol. The summed E-state index contributed by atoms with van der Waals surface area (Å²) in [6, 6.07) is 21.0. The maximum absolute atomic E-state index is 4.11. The van der Waals surface area contributed by atoms with Gasteiger partial charge in [0.15, 0.2) is 5.82 Å². The predicted octanol–water partition coefficient (Wildman–Crippen LogP) is 2.58. The lowest BCUT2D eigenvalue weighted by atomic mass is 9.88. The Hall–Kier alpha value is -2.49. The van der Waals surface area contributed by atoms with Gasteiger partial charge in [-0.25, -0.2) is 4.68 Å². The second-order valence-corrected chi connectivity index (χ2v) is 4.80. The van der Waals surface area contributed by atoms with Crippen LogP contribution in [0.5, 0.6) is 0 Å². The van der Waals surface area contributed by atoms with Gasteiger partial charge in [0.2, 0.25) is 0 Å². The van der Waals surface area contributed by atoms with Crippen LogP contribution in [0.1, 0.15) is 22.9 Å². The molecule has 1 aromatic heterocycles. The summed E-state index contributed by atoms with van der Waals surface area (Å²) in [5, 5.41) is 11.7. The topological polar surface area (TPSA) is 43.6 Å². The van der Waals surface area contributed by atoms with Crippen LogP contribution in [0.2, 0.25) is 0 Å². The van der Waals surface area contributed by atoms with Gasteiger partial charge < -0.3 is 0 Å². The number of nitrogens with zero attached hydrogens (tertiary/aromatic N) is 4. The number of aromatic nitrogens is 4. The fourth-order valence-corrected chi connectivity index (χ4v) is 2.40. The summed E-state index contributed by atoms with van der Waals surface area (Å²) in [4.78, 5) is 0. The highest BCUT2D eigenvalue weighted by Crippen LogP contribution is 2.27. The summed E-state index contributed by atoms with van der Waals surface area (Å²) < 4.78 is 1.74. The van der Waals surface area contributed by atoms with Crippen LogP contribution >= 0.6 is 0 Å². The van der Waals surface area contributed by atoms with Crippen LogP contribution in [0.15, 0.2) is 60.7 Å². The maximum atomic E-state index is 4.11. The molecule has 0 spiro atoms. The Bertz CT molecular complexity index is 622. The fourth-order valence-electron chi connectivity index (χ4n) is 2.40. The highest BCUT2D eigenvalue weighted by atomic mass is 15.5. The van der Waals surface area contributed by atoms with Gasteiger partial charge in [-0.15, -0.1) is 5.10 Å². The van der Waals surface area contributed by atoms with E-state index in [0.29, 0.717) is 0 Å². The second-order valence-electron chi connectivity index (χ2n) is 4.80. The lowest BCUT2D eigenvalue weighted by Gasteiger charge is -2.17. The van der Waals surface area contributed by atoms with Crippen LogP contribution in [0.3, 0.4) is 0 Å². The predicted molar refractivity (Wildman–Crippen MR) is 77.2 cm³/mol. The quantitative estimate of drug-likeness (QED) is 0.727. The molecule has 0 amide bonds. The Kier molecular flexibility index (Phi) is 3.54. The molecule has 0 unspecified atom stereocenters. The Morgan fingerprint density at radius 1 is 0.900 bits per heavy atom. The van der Waals surface area contributed by atoms with E-state index in [1.807, 2.05) is 19.2 Å². The largest absolute Gasteiger partial charge is 0.233 e. The summed E-state index contributed by atoms with van der Waals surface area (Å²) in [6.07, 6.45) is 0.789. The van der Waals surface area contributed by atoms with Gasteiger partial charge in [0.1, 0.15) is 0 Å². The van der Waals surface area contributed by atoms with E-state index < -0.39 is 0 Å². The first-order chi connectivity index (χ1) is 9.84. The minimum absolute atomic E-state index is 0.266. The number of benzene rings is 2. The third-order valence-electron chi connectivity index (χ3n) is 3.50. The zero-order valence-electron chi connectivity index (χ0n) is 11.3. The SMILES string of the molecule is Cn1nnnc1CC(c1ccccc1)c1ccccc1. The van der Waals surface area contributed by atoms with Crippen molar-refractivity contribution in [2.45, 2.75) is 12.3 Å². The van der Waals surface area contributed by atoms with E-state index in [9.17, 15) is 0 Å². The van der Waals surface area contributed by atoms with Gasteiger partial charge in [-0.2, -0.15) is 0 Å². The highest BCUT2D eigenvalue weighted by molar-refractivity contribution is 5.33. The zero-order chi connectivity index (χ0) is 13.8. The van der Waals surface area contributed by atoms with E-state index in [2.05, 4.69) is 64.1 Å². The van der Waals surface area contributed by atoms with Gasteiger partial charge in [0.25, 0.3) is 0 Å². The molecule has 0 saturated carbocycles. The minimum atomic E-state index is 0.266. The van der Waals surface area contributed by atoms with Crippen molar-refractivity contribution in [1.82, 2.24) is 20.2 Å². The fraction of sp³-hybridized carbons (Fsp3) is 0.188. The molecule has 2 aromatic carbocycles. The van der Waals surface area contributed by atoms with E-state index in [0.717, 1.165) is 12.2 Å². The minimum Gasteiger partial charge on any atom is -0.233 e. The molecule has 1 heterocycles. The summed E-state index contributed by atoms with van der Waals surface area (Å²) in [5.74, 6) is 1.16. The van der Waals surface area contributed by atoms with E-state index in [1.54, 1.807) is 4.68 Å². The van der Waals surface area contributed by atoms with Gasteiger partial charge in [0.05, 0.1) is 0 Å². The molecule has 0 fully saturated rings. The van der Waals surface area contributed by atoms with E-state index in [1.165, 1.54) is 11.1 Å². The van der Waals surface area contributed by atoms with Crippen molar-refractivity contribution >= 4 is 0 Å². The Balaban J connectivity index is 1.98. The van der Waals surface area contributed by atoms with E-state index in [4.69, 9.17) is 0 Å². The van der Waals surface area contributed by atoms with Gasteiger partial charge in [0, 0.05) is 19.4 Å². The molecule has 100 valence electrons. The summed E-state index contributed by atoms with van der Waals surface area (Å²) in [5.41, 5.74) is 2.56. The van der Waals surface area contributed by atoms with Gasteiger partial charge >= 0.3 is 0 Å². The number of hydrogen-bond acceptors (Lipinski definition) is 3. The molecule has 0 aliphatic heterocycles. The smallest absolute Gasteiger partial charge is 0.151 e. The Labute approximate surface area is 118 Å². The Morgan fingerprint density at radius 3 is 1.90 bits per heavy atom. The van der Waals surface area contributed by atoms with Crippen molar-refractivity contribution < 1.29 is 0 Å². The van der Waals surface area contributed by atoms with Gasteiger partial charge in [-0.3, -0.25) is 0 Å². The highest BCUT2D eigenvalue weighted by Gasteiger charge is 2.17. The van der Waals surface area contributed by atoms with Crippen molar-refractivity contribution in [3.63, 3.8) is 0 Å². The molecule has 4 heteroatoms. The van der Waals surface area contributed by atoms with Crippen LogP contribution < -0.4 is 0 Å². The molecule has 3 aromatic rings. The first kappa shape index (κ1) is 12.5. The summed E-state index contributed by atoms with van der Waals surface area (Å²) in [6.45, 7) is 0. The molecule has 0 aliphatic carbocycles. The standard InChI is InChI=1S/C16H16N4/c1-20-16(17-18-19-20)12-15(13-8-4-2-5-9-13)14-10-6-3-7-11-14/h2-11,15H,12H2,1H3. The molecule has 0 saturated heterocycles. The first-order valence-corrected chi connectivity index (χ1v) is 6.65. The third-order valence-corrected chi connectivity index (χ3v) is 3.50. The summed E-state index contributed by atoms with van der Waals surface area (Å²) >= 11 is 0. The summed E-state index contributed by atoms with van der Waals surface area (Å²) in [7, 11) is 1.88.